The minimum absolute atomic E-state index is 0.371. The Morgan fingerprint density at radius 1 is 1.54 bits per heavy atom. The average molecular weight is 177 g/mol. The second-order valence-corrected chi connectivity index (χ2v) is 2.58. The molecule has 0 bridgehead atoms. The molecule has 0 atom stereocenters. The standard InChI is InChI=1S/C8H7N3O2/c1-13-8(12)6-2-5-7(3-9-6)11-4-10-5/h3-4H,2H2,1H3. The van der Waals surface area contributed by atoms with Gasteiger partial charge in [-0.25, -0.2) is 14.8 Å². The number of methoxy groups -OCH3 is 1. The number of carbonyl (C=O) groups is 1. The lowest BCUT2D eigenvalue weighted by Gasteiger charge is -2.07. The number of allylic oxidation sites excluding steroid dienone is 1. The van der Waals surface area contributed by atoms with E-state index in [1.165, 1.54) is 19.6 Å². The van der Waals surface area contributed by atoms with Gasteiger partial charge in [-0.2, -0.15) is 0 Å². The molecule has 0 aromatic carbocycles. The van der Waals surface area contributed by atoms with Crippen LogP contribution in [0.3, 0.4) is 0 Å². The second kappa shape index (κ2) is 2.93. The van der Waals surface area contributed by atoms with Gasteiger partial charge in [-0.3, -0.25) is 4.99 Å². The molecule has 0 saturated carbocycles. The van der Waals surface area contributed by atoms with E-state index in [-0.39, 0.29) is 0 Å². The Labute approximate surface area is 74.6 Å². The van der Waals surface area contributed by atoms with Gasteiger partial charge in [-0.1, -0.05) is 0 Å². The summed E-state index contributed by atoms with van der Waals surface area (Å²) in [5.74, 6) is -0.412. The molecule has 0 spiro atoms. The van der Waals surface area contributed by atoms with Crippen molar-refractivity contribution in [2.45, 2.75) is 6.42 Å². The number of esters is 1. The molecule has 0 aromatic heterocycles. The van der Waals surface area contributed by atoms with Gasteiger partial charge in [0.15, 0.2) is 0 Å². The van der Waals surface area contributed by atoms with Crippen LogP contribution in [-0.4, -0.2) is 30.8 Å². The first kappa shape index (κ1) is 7.85. The lowest BCUT2D eigenvalue weighted by atomic mass is 10.1. The molecule has 2 aliphatic rings. The third-order valence-corrected chi connectivity index (χ3v) is 1.80. The molecule has 0 saturated heterocycles. The van der Waals surface area contributed by atoms with E-state index < -0.39 is 5.97 Å². The van der Waals surface area contributed by atoms with E-state index in [4.69, 9.17) is 0 Å². The highest BCUT2D eigenvalue weighted by atomic mass is 16.5. The van der Waals surface area contributed by atoms with E-state index in [0.717, 1.165) is 11.4 Å². The first-order valence-corrected chi connectivity index (χ1v) is 3.76. The number of hydrogen-bond donors (Lipinski definition) is 0. The zero-order valence-electron chi connectivity index (χ0n) is 7.02. The Hall–Kier alpha value is -1.78. The highest BCUT2D eigenvalue weighted by molar-refractivity contribution is 6.42. The zero-order chi connectivity index (χ0) is 9.26. The Bertz CT molecular complexity index is 377. The van der Waals surface area contributed by atoms with Gasteiger partial charge in [0.2, 0.25) is 0 Å². The summed E-state index contributed by atoms with van der Waals surface area (Å²) in [6.07, 6.45) is 3.38. The van der Waals surface area contributed by atoms with E-state index >= 15 is 0 Å². The van der Waals surface area contributed by atoms with Crippen LogP contribution in [0, 0.1) is 0 Å². The summed E-state index contributed by atoms with van der Waals surface area (Å²) >= 11 is 0. The maximum atomic E-state index is 11.1. The Balaban J connectivity index is 2.25. The minimum Gasteiger partial charge on any atom is -0.465 e. The van der Waals surface area contributed by atoms with Gasteiger partial charge in [-0.05, 0) is 0 Å². The van der Waals surface area contributed by atoms with Crippen LogP contribution in [0.25, 0.3) is 0 Å². The van der Waals surface area contributed by atoms with E-state index in [0.29, 0.717) is 12.1 Å². The average Bonchev–Trinajstić information content (AvgIpc) is 2.63. The molecule has 0 aromatic rings. The van der Waals surface area contributed by atoms with E-state index in [9.17, 15) is 4.79 Å². The smallest absolute Gasteiger partial charge is 0.352 e. The third-order valence-electron chi connectivity index (χ3n) is 1.80. The fourth-order valence-corrected chi connectivity index (χ4v) is 1.13. The number of ether oxygens (including phenoxy) is 1. The highest BCUT2D eigenvalue weighted by Crippen LogP contribution is 2.15. The molecular formula is C8H7N3O2. The van der Waals surface area contributed by atoms with Crippen molar-refractivity contribution >= 4 is 23.7 Å². The van der Waals surface area contributed by atoms with E-state index in [1.807, 2.05) is 0 Å². The summed E-state index contributed by atoms with van der Waals surface area (Å²) in [4.78, 5) is 22.9. The monoisotopic (exact) mass is 177 g/mol. The number of rotatable bonds is 1. The largest absolute Gasteiger partial charge is 0.465 e. The fourth-order valence-electron chi connectivity index (χ4n) is 1.13. The van der Waals surface area contributed by atoms with Crippen molar-refractivity contribution in [3.63, 3.8) is 0 Å². The number of carbonyl (C=O) groups excluding carboxylic acids is 1. The van der Waals surface area contributed by atoms with Gasteiger partial charge < -0.3 is 4.74 Å². The van der Waals surface area contributed by atoms with Crippen LogP contribution in [0.5, 0.6) is 0 Å². The molecular weight excluding hydrogens is 170 g/mol. The zero-order valence-corrected chi connectivity index (χ0v) is 7.02. The Morgan fingerprint density at radius 3 is 3.15 bits per heavy atom. The Morgan fingerprint density at radius 2 is 2.38 bits per heavy atom. The first-order valence-electron chi connectivity index (χ1n) is 3.76. The first-order chi connectivity index (χ1) is 6.31. The molecule has 0 amide bonds. The lowest BCUT2D eigenvalue weighted by Crippen LogP contribution is -2.21. The van der Waals surface area contributed by atoms with Crippen LogP contribution in [0.1, 0.15) is 6.42 Å². The van der Waals surface area contributed by atoms with Gasteiger partial charge in [0, 0.05) is 6.42 Å². The highest BCUT2D eigenvalue weighted by Gasteiger charge is 2.22. The summed E-state index contributed by atoms with van der Waals surface area (Å²) in [6, 6.07) is 0. The number of hydrogen-bond acceptors (Lipinski definition) is 5. The number of fused-ring (bicyclic) bond motifs is 1. The fraction of sp³-hybridized carbons (Fsp3) is 0.250. The molecule has 0 unspecified atom stereocenters. The van der Waals surface area contributed by atoms with Gasteiger partial charge in [0.1, 0.15) is 17.7 Å². The molecule has 0 radical (unpaired) electrons. The molecule has 66 valence electrons. The van der Waals surface area contributed by atoms with Crippen molar-refractivity contribution in [2.24, 2.45) is 15.0 Å². The minimum atomic E-state index is -0.412. The summed E-state index contributed by atoms with van der Waals surface area (Å²) < 4.78 is 4.54. The van der Waals surface area contributed by atoms with Crippen molar-refractivity contribution in [1.82, 2.24) is 0 Å². The van der Waals surface area contributed by atoms with Gasteiger partial charge >= 0.3 is 5.97 Å². The van der Waals surface area contributed by atoms with Crippen molar-refractivity contribution < 1.29 is 9.53 Å². The SMILES string of the molecule is COC(=O)C1=NC=C2N=CN=C2C1. The number of nitrogens with zero attached hydrogens (tertiary/aromatic N) is 3. The molecule has 2 heterocycles. The van der Waals surface area contributed by atoms with Crippen molar-refractivity contribution in [3.8, 4) is 0 Å². The predicted molar refractivity (Wildman–Crippen MR) is 48.1 cm³/mol. The molecule has 0 fully saturated rings. The lowest BCUT2D eigenvalue weighted by molar-refractivity contribution is -0.132. The van der Waals surface area contributed by atoms with Crippen LogP contribution in [-0.2, 0) is 9.53 Å². The molecule has 0 aliphatic carbocycles. The third kappa shape index (κ3) is 1.28. The van der Waals surface area contributed by atoms with Crippen LogP contribution in [0.4, 0.5) is 0 Å². The second-order valence-electron chi connectivity index (χ2n) is 2.58. The van der Waals surface area contributed by atoms with Crippen LogP contribution in [0.2, 0.25) is 0 Å². The summed E-state index contributed by atoms with van der Waals surface area (Å²) in [6.45, 7) is 0. The van der Waals surface area contributed by atoms with Crippen LogP contribution in [0.15, 0.2) is 26.9 Å². The van der Waals surface area contributed by atoms with Crippen molar-refractivity contribution in [3.05, 3.63) is 11.9 Å². The molecule has 13 heavy (non-hydrogen) atoms. The van der Waals surface area contributed by atoms with E-state index in [1.54, 1.807) is 0 Å². The normalized spacial score (nSPS) is 18.7. The molecule has 0 N–H and O–H groups in total. The number of aliphatic imine (C=N–C) groups is 3. The molecule has 5 heteroatoms. The van der Waals surface area contributed by atoms with Crippen LogP contribution < -0.4 is 0 Å². The summed E-state index contributed by atoms with van der Waals surface area (Å²) in [5.41, 5.74) is 1.87. The van der Waals surface area contributed by atoms with Gasteiger partial charge in [0.25, 0.3) is 0 Å². The summed E-state index contributed by atoms with van der Waals surface area (Å²) in [5, 5.41) is 0. The van der Waals surface area contributed by atoms with Crippen LogP contribution >= 0.6 is 0 Å². The van der Waals surface area contributed by atoms with E-state index in [2.05, 4.69) is 19.7 Å². The predicted octanol–water partition coefficient (Wildman–Crippen LogP) is 0.328. The molecule has 2 rings (SSSR count). The Kier molecular flexibility index (Phi) is 1.77. The van der Waals surface area contributed by atoms with Crippen molar-refractivity contribution in [2.75, 3.05) is 7.11 Å². The maximum absolute atomic E-state index is 11.1. The van der Waals surface area contributed by atoms with Gasteiger partial charge in [0.05, 0.1) is 19.0 Å². The van der Waals surface area contributed by atoms with Gasteiger partial charge in [-0.15, -0.1) is 0 Å². The molecule has 2 aliphatic heterocycles. The molecule has 5 nitrogen and oxygen atoms in total. The van der Waals surface area contributed by atoms with Crippen molar-refractivity contribution in [1.29, 1.82) is 0 Å². The maximum Gasteiger partial charge on any atom is 0.352 e. The topological polar surface area (TPSA) is 63.4 Å². The quantitative estimate of drug-likeness (QED) is 0.542. The summed E-state index contributed by atoms with van der Waals surface area (Å²) in [7, 11) is 1.33.